The molecule has 0 aliphatic carbocycles. The Morgan fingerprint density at radius 2 is 2.11 bits per heavy atom. The molecule has 1 unspecified atom stereocenters. The van der Waals surface area contributed by atoms with Gasteiger partial charge in [-0.25, -0.2) is 0 Å². The Morgan fingerprint density at radius 3 is 2.58 bits per heavy atom. The molecule has 1 aliphatic heterocycles. The summed E-state index contributed by atoms with van der Waals surface area (Å²) in [5.41, 5.74) is 0. The minimum absolute atomic E-state index is 0.0272. The molecule has 1 saturated heterocycles. The van der Waals surface area contributed by atoms with Gasteiger partial charge in [-0.2, -0.15) is 0 Å². The number of carbonyl (C=O) groups is 3. The summed E-state index contributed by atoms with van der Waals surface area (Å²) in [6.07, 6.45) is 1.75. The third-order valence-corrected chi connectivity index (χ3v) is 3.21. The first-order valence-corrected chi connectivity index (χ1v) is 6.72. The van der Waals surface area contributed by atoms with E-state index in [0.29, 0.717) is 25.9 Å². The van der Waals surface area contributed by atoms with Crippen LogP contribution >= 0.6 is 0 Å². The number of carbonyl (C=O) groups excluding carboxylic acids is 2. The van der Waals surface area contributed by atoms with Crippen LogP contribution < -0.4 is 5.32 Å². The molecule has 0 saturated carbocycles. The van der Waals surface area contributed by atoms with Crippen LogP contribution in [0.15, 0.2) is 0 Å². The molecule has 1 atom stereocenters. The Kier molecular flexibility index (Phi) is 5.79. The Morgan fingerprint density at radius 1 is 1.42 bits per heavy atom. The Labute approximate surface area is 113 Å². The number of rotatable bonds is 7. The van der Waals surface area contributed by atoms with Crippen LogP contribution in [-0.2, 0) is 14.4 Å². The number of hydrogen-bond acceptors (Lipinski definition) is 3. The van der Waals surface area contributed by atoms with Gasteiger partial charge < -0.3 is 15.3 Å². The fourth-order valence-electron chi connectivity index (χ4n) is 2.32. The van der Waals surface area contributed by atoms with E-state index >= 15 is 0 Å². The molecule has 1 heterocycles. The van der Waals surface area contributed by atoms with Crippen molar-refractivity contribution in [2.75, 3.05) is 13.1 Å². The smallest absolute Gasteiger partial charge is 0.303 e. The highest BCUT2D eigenvalue weighted by Crippen LogP contribution is 2.19. The van der Waals surface area contributed by atoms with Crippen molar-refractivity contribution in [3.05, 3.63) is 0 Å². The lowest BCUT2D eigenvalue weighted by Gasteiger charge is -2.29. The van der Waals surface area contributed by atoms with Crippen LogP contribution in [0.2, 0.25) is 0 Å². The highest BCUT2D eigenvalue weighted by molar-refractivity contribution is 5.88. The molecule has 0 aromatic heterocycles. The molecule has 2 amide bonds. The lowest BCUT2D eigenvalue weighted by molar-refractivity contribution is -0.139. The first-order chi connectivity index (χ1) is 8.93. The van der Waals surface area contributed by atoms with Crippen molar-refractivity contribution in [2.24, 2.45) is 5.92 Å². The predicted octanol–water partition coefficient (Wildman–Crippen LogP) is 0.614. The summed E-state index contributed by atoms with van der Waals surface area (Å²) in [5, 5.41) is 11.2. The Bertz CT molecular complexity index is 355. The second kappa shape index (κ2) is 7.11. The number of nitrogens with one attached hydrogen (secondary N) is 1. The maximum atomic E-state index is 12.1. The van der Waals surface area contributed by atoms with E-state index in [9.17, 15) is 14.4 Å². The summed E-state index contributed by atoms with van der Waals surface area (Å²) in [4.78, 5) is 35.8. The summed E-state index contributed by atoms with van der Waals surface area (Å²) in [5.74, 6) is -0.985. The number of likely N-dealkylation sites (tertiary alicyclic amines) is 1. The molecule has 0 bridgehead atoms. The monoisotopic (exact) mass is 270 g/mol. The average molecular weight is 270 g/mol. The van der Waals surface area contributed by atoms with E-state index in [-0.39, 0.29) is 24.2 Å². The minimum atomic E-state index is -0.871. The van der Waals surface area contributed by atoms with Gasteiger partial charge in [-0.05, 0) is 18.8 Å². The topological polar surface area (TPSA) is 86.7 Å². The van der Waals surface area contributed by atoms with Crippen molar-refractivity contribution in [2.45, 2.75) is 45.6 Å². The summed E-state index contributed by atoms with van der Waals surface area (Å²) >= 11 is 0. The highest BCUT2D eigenvalue weighted by atomic mass is 16.4. The standard InChI is InChI=1S/C13H22N2O4/c1-9(2)12(15-8-4-5-10(15)16)13(19)14-7-3-6-11(17)18/h9,12H,3-8H2,1-2H3,(H,14,19)(H,17,18). The SMILES string of the molecule is CC(C)C(C(=O)NCCCC(=O)O)N1CCCC1=O. The molecule has 19 heavy (non-hydrogen) atoms. The largest absolute Gasteiger partial charge is 0.481 e. The van der Waals surface area contributed by atoms with Gasteiger partial charge in [-0.15, -0.1) is 0 Å². The maximum Gasteiger partial charge on any atom is 0.303 e. The molecule has 2 N–H and O–H groups in total. The van der Waals surface area contributed by atoms with Crippen LogP contribution in [0.3, 0.4) is 0 Å². The first-order valence-electron chi connectivity index (χ1n) is 6.72. The van der Waals surface area contributed by atoms with Crippen molar-refractivity contribution >= 4 is 17.8 Å². The van der Waals surface area contributed by atoms with Gasteiger partial charge in [0.2, 0.25) is 11.8 Å². The molecule has 1 rings (SSSR count). The highest BCUT2D eigenvalue weighted by Gasteiger charge is 2.34. The number of hydrogen-bond donors (Lipinski definition) is 2. The number of carboxylic acids is 1. The van der Waals surface area contributed by atoms with Gasteiger partial charge in [-0.1, -0.05) is 13.8 Å². The second-order valence-corrected chi connectivity index (χ2v) is 5.17. The molecular weight excluding hydrogens is 248 g/mol. The summed E-state index contributed by atoms with van der Waals surface area (Å²) in [7, 11) is 0. The van der Waals surface area contributed by atoms with Crippen LogP contribution in [0.5, 0.6) is 0 Å². The van der Waals surface area contributed by atoms with E-state index in [1.165, 1.54) is 0 Å². The zero-order chi connectivity index (χ0) is 14.4. The predicted molar refractivity (Wildman–Crippen MR) is 69.5 cm³/mol. The van der Waals surface area contributed by atoms with Gasteiger partial charge in [0.1, 0.15) is 6.04 Å². The van der Waals surface area contributed by atoms with Crippen LogP contribution in [0.25, 0.3) is 0 Å². The van der Waals surface area contributed by atoms with Crippen molar-refractivity contribution in [3.8, 4) is 0 Å². The lowest BCUT2D eigenvalue weighted by atomic mass is 10.0. The molecule has 6 nitrogen and oxygen atoms in total. The van der Waals surface area contributed by atoms with Crippen molar-refractivity contribution in [1.29, 1.82) is 0 Å². The van der Waals surface area contributed by atoms with Gasteiger partial charge in [0.15, 0.2) is 0 Å². The fraction of sp³-hybridized carbons (Fsp3) is 0.769. The van der Waals surface area contributed by atoms with E-state index in [4.69, 9.17) is 5.11 Å². The zero-order valence-electron chi connectivity index (χ0n) is 11.5. The molecule has 0 aromatic carbocycles. The third kappa shape index (κ3) is 4.54. The quantitative estimate of drug-likeness (QED) is 0.664. The Balaban J connectivity index is 2.49. The van der Waals surface area contributed by atoms with E-state index in [1.807, 2.05) is 13.8 Å². The van der Waals surface area contributed by atoms with E-state index < -0.39 is 12.0 Å². The zero-order valence-corrected chi connectivity index (χ0v) is 11.5. The molecular formula is C13H22N2O4. The molecule has 1 fully saturated rings. The normalized spacial score (nSPS) is 16.8. The first kappa shape index (κ1) is 15.5. The van der Waals surface area contributed by atoms with Gasteiger partial charge in [0.25, 0.3) is 0 Å². The van der Waals surface area contributed by atoms with Gasteiger partial charge >= 0.3 is 5.97 Å². The fourth-order valence-corrected chi connectivity index (χ4v) is 2.32. The third-order valence-electron chi connectivity index (χ3n) is 3.21. The number of carboxylic acid groups (broad SMARTS) is 1. The van der Waals surface area contributed by atoms with E-state index in [1.54, 1.807) is 4.90 Å². The lowest BCUT2D eigenvalue weighted by Crippen LogP contribution is -2.50. The van der Waals surface area contributed by atoms with Gasteiger partial charge in [-0.3, -0.25) is 14.4 Å². The second-order valence-electron chi connectivity index (χ2n) is 5.17. The molecule has 6 heteroatoms. The maximum absolute atomic E-state index is 12.1. The number of aliphatic carboxylic acids is 1. The minimum Gasteiger partial charge on any atom is -0.481 e. The van der Waals surface area contributed by atoms with Gasteiger partial charge in [0.05, 0.1) is 0 Å². The van der Waals surface area contributed by atoms with Crippen molar-refractivity contribution in [3.63, 3.8) is 0 Å². The summed E-state index contributed by atoms with van der Waals surface area (Å²) < 4.78 is 0. The summed E-state index contributed by atoms with van der Waals surface area (Å²) in [6.45, 7) is 4.78. The number of amides is 2. The van der Waals surface area contributed by atoms with Crippen molar-refractivity contribution < 1.29 is 19.5 Å². The molecule has 0 aromatic rings. The number of nitrogens with zero attached hydrogens (tertiary/aromatic N) is 1. The van der Waals surface area contributed by atoms with Crippen LogP contribution in [0, 0.1) is 5.92 Å². The van der Waals surface area contributed by atoms with Gasteiger partial charge in [0, 0.05) is 25.9 Å². The van der Waals surface area contributed by atoms with E-state index in [2.05, 4.69) is 5.32 Å². The van der Waals surface area contributed by atoms with Crippen molar-refractivity contribution in [1.82, 2.24) is 10.2 Å². The van der Waals surface area contributed by atoms with Crippen LogP contribution in [0.1, 0.15) is 39.5 Å². The van der Waals surface area contributed by atoms with Crippen LogP contribution in [0.4, 0.5) is 0 Å². The molecule has 108 valence electrons. The molecule has 1 aliphatic rings. The van der Waals surface area contributed by atoms with Crippen LogP contribution in [-0.4, -0.2) is 46.9 Å². The average Bonchev–Trinajstić information content (AvgIpc) is 2.71. The molecule has 0 radical (unpaired) electrons. The Hall–Kier alpha value is -1.59. The summed E-state index contributed by atoms with van der Waals surface area (Å²) in [6, 6.07) is -0.445. The van der Waals surface area contributed by atoms with E-state index in [0.717, 1.165) is 6.42 Å². The molecule has 0 spiro atoms.